The molecule has 0 aliphatic carbocycles. The lowest BCUT2D eigenvalue weighted by molar-refractivity contribution is -0.141. The SMILES string of the molecule is C=C(/N=C\C(=C/C)c1cccc(CN(C)C(=O)CN)c1)N1CCC(C(=O)N2CCOCC2)CC1. The number of benzene rings is 1. The van der Waals surface area contributed by atoms with Crippen LogP contribution < -0.4 is 5.73 Å². The molecule has 0 saturated carbocycles. The fourth-order valence-electron chi connectivity index (χ4n) is 4.34. The molecule has 0 spiro atoms. The van der Waals surface area contributed by atoms with Gasteiger partial charge in [0.2, 0.25) is 11.8 Å². The topological polar surface area (TPSA) is 91.5 Å². The molecule has 2 aliphatic rings. The molecule has 0 radical (unpaired) electrons. The lowest BCUT2D eigenvalue weighted by Gasteiger charge is -2.36. The molecule has 34 heavy (non-hydrogen) atoms. The van der Waals surface area contributed by atoms with Crippen molar-refractivity contribution in [3.63, 3.8) is 0 Å². The Kier molecular flexibility index (Phi) is 9.42. The number of rotatable bonds is 8. The van der Waals surface area contributed by atoms with Crippen molar-refractivity contribution in [1.82, 2.24) is 14.7 Å². The monoisotopic (exact) mass is 467 g/mol. The van der Waals surface area contributed by atoms with Gasteiger partial charge >= 0.3 is 0 Å². The molecule has 2 heterocycles. The minimum absolute atomic E-state index is 0.00367. The molecule has 0 bridgehead atoms. The number of carbonyl (C=O) groups excluding carboxylic acids is 2. The van der Waals surface area contributed by atoms with Crippen molar-refractivity contribution >= 4 is 23.6 Å². The third-order valence-corrected chi connectivity index (χ3v) is 6.48. The maximum atomic E-state index is 12.8. The van der Waals surface area contributed by atoms with Gasteiger partial charge < -0.3 is 25.2 Å². The zero-order chi connectivity index (χ0) is 24.5. The van der Waals surface area contributed by atoms with E-state index in [1.807, 2.05) is 42.3 Å². The largest absolute Gasteiger partial charge is 0.378 e. The van der Waals surface area contributed by atoms with Gasteiger partial charge in [-0.2, -0.15) is 0 Å². The summed E-state index contributed by atoms with van der Waals surface area (Å²) in [7, 11) is 1.75. The third-order valence-electron chi connectivity index (χ3n) is 6.48. The van der Waals surface area contributed by atoms with Gasteiger partial charge in [0.15, 0.2) is 0 Å². The van der Waals surface area contributed by atoms with Crippen molar-refractivity contribution in [3.8, 4) is 0 Å². The molecular formula is C26H37N5O3. The molecule has 2 fully saturated rings. The number of ether oxygens (including phenoxy) is 1. The van der Waals surface area contributed by atoms with Crippen LogP contribution in [0.25, 0.3) is 5.57 Å². The van der Waals surface area contributed by atoms with E-state index in [2.05, 4.69) is 22.5 Å². The summed E-state index contributed by atoms with van der Waals surface area (Å²) in [5, 5.41) is 0. The highest BCUT2D eigenvalue weighted by Crippen LogP contribution is 2.23. The lowest BCUT2D eigenvalue weighted by Crippen LogP contribution is -2.46. The number of nitrogens with zero attached hydrogens (tertiary/aromatic N) is 4. The maximum absolute atomic E-state index is 12.8. The minimum atomic E-state index is -0.0927. The van der Waals surface area contributed by atoms with Gasteiger partial charge in [0.1, 0.15) is 5.82 Å². The Bertz CT molecular complexity index is 928. The van der Waals surface area contributed by atoms with Crippen molar-refractivity contribution in [2.75, 3.05) is 53.0 Å². The molecular weight excluding hydrogens is 430 g/mol. The van der Waals surface area contributed by atoms with E-state index in [9.17, 15) is 9.59 Å². The summed E-state index contributed by atoms with van der Waals surface area (Å²) in [5.41, 5.74) is 8.49. The van der Waals surface area contributed by atoms with E-state index in [-0.39, 0.29) is 24.3 Å². The summed E-state index contributed by atoms with van der Waals surface area (Å²) >= 11 is 0. The third kappa shape index (κ3) is 6.77. The number of nitrogens with two attached hydrogens (primary N) is 1. The van der Waals surface area contributed by atoms with Crippen molar-refractivity contribution < 1.29 is 14.3 Å². The molecule has 3 rings (SSSR count). The smallest absolute Gasteiger partial charge is 0.236 e. The summed E-state index contributed by atoms with van der Waals surface area (Å²) in [5.74, 6) is 0.946. The molecule has 0 aromatic heterocycles. The molecule has 8 heteroatoms. The zero-order valence-corrected chi connectivity index (χ0v) is 20.4. The standard InChI is InChI=1S/C26H37N5O3/c1-4-22(24-7-5-6-21(16-24)19-29(3)25(32)17-27)18-28-20(2)30-10-8-23(9-11-30)26(33)31-12-14-34-15-13-31/h4-7,16,18,23H,2,8-15,17,19,27H2,1,3H3/b22-4+,28-18-. The highest BCUT2D eigenvalue weighted by Gasteiger charge is 2.29. The second kappa shape index (κ2) is 12.5. The molecule has 2 aliphatic heterocycles. The first-order valence-electron chi connectivity index (χ1n) is 12.0. The number of likely N-dealkylation sites (tertiary alicyclic amines) is 1. The van der Waals surface area contributed by atoms with Gasteiger partial charge in [-0.1, -0.05) is 30.9 Å². The van der Waals surface area contributed by atoms with Crippen LogP contribution >= 0.6 is 0 Å². The Labute approximate surface area is 202 Å². The van der Waals surface area contributed by atoms with Crippen LogP contribution in [0.15, 0.2) is 47.7 Å². The van der Waals surface area contributed by atoms with Gasteiger partial charge in [0.25, 0.3) is 0 Å². The molecule has 2 amide bonds. The van der Waals surface area contributed by atoms with Crippen LogP contribution in [0.3, 0.4) is 0 Å². The summed E-state index contributed by atoms with van der Waals surface area (Å²) in [6, 6.07) is 8.07. The van der Waals surface area contributed by atoms with E-state index in [1.54, 1.807) is 11.9 Å². The first kappa shape index (κ1) is 25.6. The zero-order valence-electron chi connectivity index (χ0n) is 20.4. The highest BCUT2D eigenvalue weighted by atomic mass is 16.5. The normalized spacial score (nSPS) is 17.8. The Hall–Kier alpha value is -2.97. The minimum Gasteiger partial charge on any atom is -0.378 e. The number of aliphatic imine (C=N–C) groups is 1. The average Bonchev–Trinajstić information content (AvgIpc) is 2.88. The van der Waals surface area contributed by atoms with E-state index < -0.39 is 0 Å². The summed E-state index contributed by atoms with van der Waals surface area (Å²) in [4.78, 5) is 34.9. The molecule has 184 valence electrons. The predicted molar refractivity (Wildman–Crippen MR) is 135 cm³/mol. The molecule has 0 atom stereocenters. The Morgan fingerprint density at radius 1 is 1.21 bits per heavy atom. The number of carbonyl (C=O) groups is 2. The second-order valence-corrected chi connectivity index (χ2v) is 8.77. The fourth-order valence-corrected chi connectivity index (χ4v) is 4.34. The number of hydrogen-bond acceptors (Lipinski definition) is 6. The number of amides is 2. The van der Waals surface area contributed by atoms with Gasteiger partial charge in [-0.15, -0.1) is 0 Å². The Balaban J connectivity index is 1.55. The summed E-state index contributed by atoms with van der Waals surface area (Å²) in [6.07, 6.45) is 5.48. The quantitative estimate of drug-likeness (QED) is 0.592. The van der Waals surface area contributed by atoms with Crippen LogP contribution in [0.2, 0.25) is 0 Å². The van der Waals surface area contributed by atoms with Crippen LogP contribution in [0.1, 0.15) is 30.9 Å². The van der Waals surface area contributed by atoms with Crippen molar-refractivity contribution in [3.05, 3.63) is 53.9 Å². The number of piperidine rings is 1. The van der Waals surface area contributed by atoms with Crippen LogP contribution in [0.4, 0.5) is 0 Å². The van der Waals surface area contributed by atoms with Gasteiger partial charge in [-0.3, -0.25) is 9.59 Å². The van der Waals surface area contributed by atoms with Crippen LogP contribution in [0.5, 0.6) is 0 Å². The fraction of sp³-hybridized carbons (Fsp3) is 0.500. The second-order valence-electron chi connectivity index (χ2n) is 8.77. The van der Waals surface area contributed by atoms with Gasteiger partial charge in [-0.25, -0.2) is 4.99 Å². The molecule has 1 aromatic carbocycles. The van der Waals surface area contributed by atoms with Gasteiger partial charge in [0.05, 0.1) is 19.8 Å². The Morgan fingerprint density at radius 3 is 2.56 bits per heavy atom. The predicted octanol–water partition coefficient (Wildman–Crippen LogP) is 2.12. The number of allylic oxidation sites excluding steroid dienone is 2. The van der Waals surface area contributed by atoms with Crippen LogP contribution in [0, 0.1) is 5.92 Å². The molecule has 2 N–H and O–H groups in total. The summed E-state index contributed by atoms with van der Waals surface area (Å²) in [6.45, 7) is 10.9. The van der Waals surface area contributed by atoms with E-state index in [1.165, 1.54) is 0 Å². The first-order chi connectivity index (χ1) is 16.4. The first-order valence-corrected chi connectivity index (χ1v) is 12.0. The maximum Gasteiger partial charge on any atom is 0.236 e. The van der Waals surface area contributed by atoms with Gasteiger partial charge in [0, 0.05) is 51.9 Å². The Morgan fingerprint density at radius 2 is 1.91 bits per heavy atom. The van der Waals surface area contributed by atoms with E-state index >= 15 is 0 Å². The molecule has 2 saturated heterocycles. The van der Waals surface area contributed by atoms with Crippen molar-refractivity contribution in [2.45, 2.75) is 26.3 Å². The molecule has 8 nitrogen and oxygen atoms in total. The summed E-state index contributed by atoms with van der Waals surface area (Å²) < 4.78 is 5.36. The van der Waals surface area contributed by atoms with E-state index in [0.29, 0.717) is 38.7 Å². The average molecular weight is 468 g/mol. The van der Waals surface area contributed by atoms with Crippen molar-refractivity contribution in [2.24, 2.45) is 16.6 Å². The van der Waals surface area contributed by atoms with Gasteiger partial charge in [-0.05, 0) is 42.5 Å². The van der Waals surface area contributed by atoms with E-state index in [0.717, 1.165) is 42.6 Å². The molecule has 0 unspecified atom stereocenters. The number of morpholine rings is 1. The highest BCUT2D eigenvalue weighted by molar-refractivity contribution is 6.10. The van der Waals surface area contributed by atoms with Crippen molar-refractivity contribution in [1.29, 1.82) is 0 Å². The lowest BCUT2D eigenvalue weighted by atomic mass is 9.95. The molecule has 1 aromatic rings. The number of likely N-dealkylation sites (N-methyl/N-ethyl adjacent to an activating group) is 1. The van der Waals surface area contributed by atoms with Crippen LogP contribution in [-0.4, -0.2) is 85.7 Å². The van der Waals surface area contributed by atoms with Crippen LogP contribution in [-0.2, 0) is 20.9 Å². The van der Waals surface area contributed by atoms with E-state index in [4.69, 9.17) is 10.5 Å². The number of hydrogen-bond donors (Lipinski definition) is 1.